The molecular weight excluding hydrogens is 263 g/mol. The van der Waals surface area contributed by atoms with Crippen molar-refractivity contribution in [3.05, 3.63) is 35.6 Å². The molecule has 20 heavy (non-hydrogen) atoms. The van der Waals surface area contributed by atoms with E-state index in [0.717, 1.165) is 0 Å². The molecule has 0 fully saturated rings. The van der Waals surface area contributed by atoms with Crippen molar-refractivity contribution < 1.29 is 19.1 Å². The molecule has 0 heterocycles. The molecule has 3 N–H and O–H groups in total. The van der Waals surface area contributed by atoms with Crippen molar-refractivity contribution >= 4 is 12.0 Å². The van der Waals surface area contributed by atoms with Crippen molar-refractivity contribution in [1.82, 2.24) is 10.6 Å². The molecule has 0 spiro atoms. The Morgan fingerprint density at radius 3 is 2.35 bits per heavy atom. The monoisotopic (exact) mass is 282 g/mol. The third-order valence-corrected chi connectivity index (χ3v) is 2.92. The van der Waals surface area contributed by atoms with Crippen molar-refractivity contribution in [3.8, 4) is 0 Å². The molecule has 0 aliphatic carbocycles. The van der Waals surface area contributed by atoms with Gasteiger partial charge in [0.25, 0.3) is 0 Å². The van der Waals surface area contributed by atoms with E-state index in [1.165, 1.54) is 12.1 Å². The minimum Gasteiger partial charge on any atom is -0.480 e. The van der Waals surface area contributed by atoms with Gasteiger partial charge in [0.2, 0.25) is 0 Å². The Morgan fingerprint density at radius 2 is 1.85 bits per heavy atom. The second kappa shape index (κ2) is 6.88. The number of halogens is 1. The zero-order valence-corrected chi connectivity index (χ0v) is 11.7. The van der Waals surface area contributed by atoms with E-state index in [2.05, 4.69) is 10.6 Å². The van der Waals surface area contributed by atoms with Crippen LogP contribution in [0.2, 0.25) is 0 Å². The second-order valence-electron chi connectivity index (χ2n) is 4.95. The van der Waals surface area contributed by atoms with Crippen LogP contribution in [0.15, 0.2) is 24.3 Å². The maximum Gasteiger partial charge on any atom is 0.326 e. The Kier molecular flexibility index (Phi) is 5.49. The largest absolute Gasteiger partial charge is 0.480 e. The smallest absolute Gasteiger partial charge is 0.326 e. The van der Waals surface area contributed by atoms with E-state index in [1.807, 2.05) is 0 Å². The molecule has 0 aliphatic heterocycles. The quantitative estimate of drug-likeness (QED) is 0.775. The van der Waals surface area contributed by atoms with Gasteiger partial charge in [-0.15, -0.1) is 0 Å². The normalized spacial score (nSPS) is 13.7. The van der Waals surface area contributed by atoms with Crippen LogP contribution in [0.25, 0.3) is 0 Å². The van der Waals surface area contributed by atoms with Gasteiger partial charge in [0.15, 0.2) is 0 Å². The van der Waals surface area contributed by atoms with Crippen LogP contribution >= 0.6 is 0 Å². The number of aliphatic carboxylic acids is 1. The molecule has 0 bridgehead atoms. The Bertz CT molecular complexity index is 491. The molecule has 2 amide bonds. The number of benzene rings is 1. The highest BCUT2D eigenvalue weighted by Crippen LogP contribution is 2.13. The molecule has 2 atom stereocenters. The molecule has 0 aliphatic rings. The molecule has 0 radical (unpaired) electrons. The van der Waals surface area contributed by atoms with E-state index in [4.69, 9.17) is 5.11 Å². The SMILES string of the molecule is CC(NC(=O)NC(C(=O)O)C(C)C)c1cccc(F)c1. The van der Waals surface area contributed by atoms with Crippen LogP contribution in [-0.4, -0.2) is 23.1 Å². The van der Waals surface area contributed by atoms with Gasteiger partial charge in [-0.05, 0) is 30.5 Å². The van der Waals surface area contributed by atoms with E-state index in [9.17, 15) is 14.0 Å². The van der Waals surface area contributed by atoms with Crippen molar-refractivity contribution in [2.45, 2.75) is 32.9 Å². The van der Waals surface area contributed by atoms with E-state index in [-0.39, 0.29) is 11.7 Å². The number of carboxylic acid groups (broad SMARTS) is 1. The lowest BCUT2D eigenvalue weighted by atomic mass is 10.1. The number of carboxylic acids is 1. The minimum atomic E-state index is -1.09. The maximum atomic E-state index is 13.1. The maximum absolute atomic E-state index is 13.1. The lowest BCUT2D eigenvalue weighted by molar-refractivity contribution is -0.140. The zero-order chi connectivity index (χ0) is 15.3. The molecular formula is C14H19FN2O3. The summed E-state index contributed by atoms with van der Waals surface area (Å²) in [5.41, 5.74) is 0.608. The number of urea groups is 1. The molecule has 1 aromatic carbocycles. The minimum absolute atomic E-state index is 0.234. The lowest BCUT2D eigenvalue weighted by Gasteiger charge is -2.20. The number of carbonyl (C=O) groups excluding carboxylic acids is 1. The summed E-state index contributed by atoms with van der Waals surface area (Å²) in [6, 6.07) is 3.89. The summed E-state index contributed by atoms with van der Waals surface area (Å²) in [7, 11) is 0. The summed E-state index contributed by atoms with van der Waals surface area (Å²) >= 11 is 0. The Labute approximate surface area is 117 Å². The van der Waals surface area contributed by atoms with Crippen LogP contribution in [-0.2, 0) is 4.79 Å². The highest BCUT2D eigenvalue weighted by molar-refractivity contribution is 5.82. The van der Waals surface area contributed by atoms with Gasteiger partial charge in [0, 0.05) is 0 Å². The highest BCUT2D eigenvalue weighted by Gasteiger charge is 2.24. The average molecular weight is 282 g/mol. The molecule has 5 nitrogen and oxygen atoms in total. The van der Waals surface area contributed by atoms with Gasteiger partial charge in [-0.1, -0.05) is 26.0 Å². The number of amides is 2. The summed E-state index contributed by atoms with van der Waals surface area (Å²) < 4.78 is 13.1. The molecule has 0 saturated heterocycles. The third kappa shape index (κ3) is 4.53. The lowest BCUT2D eigenvalue weighted by Crippen LogP contribution is -2.49. The first kappa shape index (κ1) is 15.9. The summed E-state index contributed by atoms with van der Waals surface area (Å²) in [5.74, 6) is -1.71. The van der Waals surface area contributed by atoms with Crippen LogP contribution in [0.4, 0.5) is 9.18 Å². The highest BCUT2D eigenvalue weighted by atomic mass is 19.1. The third-order valence-electron chi connectivity index (χ3n) is 2.92. The van der Waals surface area contributed by atoms with Gasteiger partial charge in [0.1, 0.15) is 11.9 Å². The molecule has 6 heteroatoms. The zero-order valence-electron chi connectivity index (χ0n) is 11.7. The van der Waals surface area contributed by atoms with Crippen molar-refractivity contribution in [2.24, 2.45) is 5.92 Å². The molecule has 110 valence electrons. The van der Waals surface area contributed by atoms with Gasteiger partial charge >= 0.3 is 12.0 Å². The Morgan fingerprint density at radius 1 is 1.20 bits per heavy atom. The van der Waals surface area contributed by atoms with E-state index in [0.29, 0.717) is 5.56 Å². The first-order valence-corrected chi connectivity index (χ1v) is 6.36. The molecule has 0 aromatic heterocycles. The molecule has 0 saturated carbocycles. The van der Waals surface area contributed by atoms with Gasteiger partial charge in [-0.2, -0.15) is 0 Å². The van der Waals surface area contributed by atoms with E-state index >= 15 is 0 Å². The standard InChI is InChI=1S/C14H19FN2O3/c1-8(2)12(13(18)19)17-14(20)16-9(3)10-5-4-6-11(15)7-10/h4-9,12H,1-3H3,(H,18,19)(H2,16,17,20). The fraction of sp³-hybridized carbons (Fsp3) is 0.429. The number of nitrogens with one attached hydrogen (secondary N) is 2. The first-order chi connectivity index (χ1) is 9.31. The van der Waals surface area contributed by atoms with E-state index in [1.54, 1.807) is 32.9 Å². The molecule has 1 rings (SSSR count). The Hall–Kier alpha value is -2.11. The number of rotatable bonds is 5. The topological polar surface area (TPSA) is 78.4 Å². The second-order valence-corrected chi connectivity index (χ2v) is 4.95. The van der Waals surface area contributed by atoms with Crippen LogP contribution in [0.5, 0.6) is 0 Å². The predicted octanol–water partition coefficient (Wildman–Crippen LogP) is 2.30. The fourth-order valence-electron chi connectivity index (χ4n) is 1.75. The van der Waals surface area contributed by atoms with Crippen molar-refractivity contribution in [3.63, 3.8) is 0 Å². The predicted molar refractivity (Wildman–Crippen MR) is 72.7 cm³/mol. The summed E-state index contributed by atoms with van der Waals surface area (Å²) in [4.78, 5) is 22.7. The number of carbonyl (C=O) groups is 2. The fourth-order valence-corrected chi connectivity index (χ4v) is 1.75. The van der Waals surface area contributed by atoms with Gasteiger partial charge < -0.3 is 15.7 Å². The van der Waals surface area contributed by atoms with Crippen molar-refractivity contribution in [1.29, 1.82) is 0 Å². The van der Waals surface area contributed by atoms with Crippen LogP contribution in [0.1, 0.15) is 32.4 Å². The Balaban J connectivity index is 2.64. The summed E-state index contributed by atoms with van der Waals surface area (Å²) in [6.07, 6.45) is 0. The van der Waals surface area contributed by atoms with Gasteiger partial charge in [-0.3, -0.25) is 0 Å². The van der Waals surface area contributed by atoms with Crippen molar-refractivity contribution in [2.75, 3.05) is 0 Å². The van der Waals surface area contributed by atoms with Crippen LogP contribution in [0.3, 0.4) is 0 Å². The van der Waals surface area contributed by atoms with Crippen LogP contribution < -0.4 is 10.6 Å². The molecule has 1 aromatic rings. The van der Waals surface area contributed by atoms with Gasteiger partial charge in [-0.25, -0.2) is 14.0 Å². The van der Waals surface area contributed by atoms with E-state index < -0.39 is 24.1 Å². The van der Waals surface area contributed by atoms with Gasteiger partial charge in [0.05, 0.1) is 6.04 Å². The number of hydrogen-bond donors (Lipinski definition) is 3. The molecule has 2 unspecified atom stereocenters. The average Bonchev–Trinajstić information content (AvgIpc) is 2.35. The van der Waals surface area contributed by atoms with Crippen LogP contribution in [0, 0.1) is 11.7 Å². The summed E-state index contributed by atoms with van der Waals surface area (Å²) in [6.45, 7) is 5.10. The summed E-state index contributed by atoms with van der Waals surface area (Å²) in [5, 5.41) is 14.0. The number of hydrogen-bond acceptors (Lipinski definition) is 2. The first-order valence-electron chi connectivity index (χ1n) is 6.36.